The van der Waals surface area contributed by atoms with E-state index in [4.69, 9.17) is 0 Å². The first-order chi connectivity index (χ1) is 7.36. The summed E-state index contributed by atoms with van der Waals surface area (Å²) in [7, 11) is 1.95. The predicted octanol–water partition coefficient (Wildman–Crippen LogP) is 0.604. The normalized spacial score (nSPS) is 10.7. The van der Waals surface area contributed by atoms with Gasteiger partial charge in [0.05, 0.1) is 11.2 Å². The summed E-state index contributed by atoms with van der Waals surface area (Å²) < 4.78 is 1.94. The average Bonchev–Trinajstić information content (AvgIpc) is 2.85. The van der Waals surface area contributed by atoms with Crippen LogP contribution in [0.1, 0.15) is 11.5 Å². The molecule has 1 N–H and O–H groups in total. The number of nitrogens with zero attached hydrogens (tertiary/aromatic N) is 4. The van der Waals surface area contributed by atoms with E-state index >= 15 is 0 Å². The largest absolute Gasteiger partial charge is 0.321 e. The van der Waals surface area contributed by atoms with Crippen LogP contribution >= 0.6 is 11.3 Å². The lowest BCUT2D eigenvalue weighted by Gasteiger charge is -2.01. The van der Waals surface area contributed by atoms with Gasteiger partial charge in [-0.1, -0.05) is 0 Å². The fourth-order valence-corrected chi connectivity index (χ4v) is 1.83. The van der Waals surface area contributed by atoms with Gasteiger partial charge in [0.15, 0.2) is 0 Å². The van der Waals surface area contributed by atoms with E-state index in [9.17, 15) is 0 Å². The first-order valence-corrected chi connectivity index (χ1v) is 5.71. The molecule has 0 saturated carbocycles. The second kappa shape index (κ2) is 4.99. The Morgan fingerprint density at radius 1 is 1.53 bits per heavy atom. The second-order valence-corrected chi connectivity index (χ2v) is 3.98. The highest BCUT2D eigenvalue weighted by Gasteiger charge is 1.99. The molecule has 2 aromatic heterocycles. The lowest BCUT2D eigenvalue weighted by Crippen LogP contribution is -2.18. The van der Waals surface area contributed by atoms with Crippen molar-refractivity contribution in [3.63, 3.8) is 0 Å². The number of hydrogen-bond donors (Lipinski definition) is 1. The molecular weight excluding hydrogens is 210 g/mol. The Kier molecular flexibility index (Phi) is 3.41. The zero-order chi connectivity index (χ0) is 10.5. The third kappa shape index (κ3) is 2.84. The first kappa shape index (κ1) is 10.3. The van der Waals surface area contributed by atoms with E-state index in [1.807, 2.05) is 17.1 Å². The molecular formula is C9H13N5S. The van der Waals surface area contributed by atoms with E-state index in [-0.39, 0.29) is 0 Å². The van der Waals surface area contributed by atoms with Crippen LogP contribution in [0.4, 0.5) is 0 Å². The summed E-state index contributed by atoms with van der Waals surface area (Å²) >= 11 is 1.62. The summed E-state index contributed by atoms with van der Waals surface area (Å²) in [6, 6.07) is 0. The Labute approximate surface area is 92.2 Å². The molecule has 0 radical (unpaired) electrons. The van der Waals surface area contributed by atoms with Crippen LogP contribution < -0.4 is 5.32 Å². The van der Waals surface area contributed by atoms with Crippen LogP contribution in [0, 0.1) is 0 Å². The fraction of sp³-hybridized carbons (Fsp3) is 0.444. The van der Waals surface area contributed by atoms with E-state index in [1.165, 1.54) is 0 Å². The molecule has 0 aliphatic carbocycles. The van der Waals surface area contributed by atoms with Crippen molar-refractivity contribution in [2.45, 2.75) is 13.0 Å². The van der Waals surface area contributed by atoms with Crippen LogP contribution in [-0.4, -0.2) is 26.3 Å². The average molecular weight is 223 g/mol. The molecule has 0 atom stereocenters. The van der Waals surface area contributed by atoms with Crippen molar-refractivity contribution in [1.29, 1.82) is 0 Å². The summed E-state index contributed by atoms with van der Waals surface area (Å²) in [5, 5.41) is 13.2. The molecule has 0 spiro atoms. The molecule has 80 valence electrons. The van der Waals surface area contributed by atoms with Gasteiger partial charge in [-0.3, -0.25) is 0 Å². The van der Waals surface area contributed by atoms with Crippen molar-refractivity contribution in [2.75, 3.05) is 6.54 Å². The van der Waals surface area contributed by atoms with Gasteiger partial charge in [0.2, 0.25) is 0 Å². The third-order valence-corrected chi connectivity index (χ3v) is 2.76. The molecule has 0 amide bonds. The molecule has 0 aromatic carbocycles. The monoisotopic (exact) mass is 223 g/mol. The number of hydrogen-bond acceptors (Lipinski definition) is 5. The molecule has 5 nitrogen and oxygen atoms in total. The Balaban J connectivity index is 1.70. The van der Waals surface area contributed by atoms with Crippen molar-refractivity contribution < 1.29 is 0 Å². The summed E-state index contributed by atoms with van der Waals surface area (Å²) in [5.41, 5.74) is 2.94. The highest BCUT2D eigenvalue weighted by molar-refractivity contribution is 7.07. The molecule has 0 fully saturated rings. The Morgan fingerprint density at radius 3 is 3.13 bits per heavy atom. The number of nitrogens with one attached hydrogen (secondary N) is 1. The van der Waals surface area contributed by atoms with E-state index in [2.05, 4.69) is 25.9 Å². The maximum absolute atomic E-state index is 4.19. The maximum Gasteiger partial charge on any atom is 0.133 e. The molecule has 0 aliphatic rings. The van der Waals surface area contributed by atoms with Crippen molar-refractivity contribution in [3.8, 4) is 0 Å². The summed E-state index contributed by atoms with van der Waals surface area (Å²) in [6.45, 7) is 1.71. The number of rotatable bonds is 5. The smallest absolute Gasteiger partial charge is 0.133 e. The van der Waals surface area contributed by atoms with Gasteiger partial charge in [0, 0.05) is 31.9 Å². The molecule has 0 aliphatic heterocycles. The van der Waals surface area contributed by atoms with Gasteiger partial charge >= 0.3 is 0 Å². The first-order valence-electron chi connectivity index (χ1n) is 4.77. The van der Waals surface area contributed by atoms with Crippen LogP contribution in [0.25, 0.3) is 0 Å². The quantitative estimate of drug-likeness (QED) is 0.754. The zero-order valence-electron chi connectivity index (χ0n) is 8.55. The van der Waals surface area contributed by atoms with Gasteiger partial charge in [-0.25, -0.2) is 4.98 Å². The van der Waals surface area contributed by atoms with Gasteiger partial charge in [-0.2, -0.15) is 0 Å². The fourth-order valence-electron chi connectivity index (χ4n) is 1.27. The van der Waals surface area contributed by atoms with Crippen LogP contribution in [0.5, 0.6) is 0 Å². The standard InChI is InChI=1S/C9H13N5S/c1-14-6-12-13-9(14)2-3-10-4-8-5-15-7-11-8/h5-7,10H,2-4H2,1H3. The van der Waals surface area contributed by atoms with Crippen molar-refractivity contribution in [2.24, 2.45) is 7.05 Å². The Morgan fingerprint density at radius 2 is 2.47 bits per heavy atom. The third-order valence-electron chi connectivity index (χ3n) is 2.12. The van der Waals surface area contributed by atoms with Gasteiger partial charge in [-0.05, 0) is 0 Å². The van der Waals surface area contributed by atoms with Crippen LogP contribution in [0.15, 0.2) is 17.2 Å². The molecule has 6 heteroatoms. The molecule has 15 heavy (non-hydrogen) atoms. The van der Waals surface area contributed by atoms with E-state index in [1.54, 1.807) is 17.7 Å². The molecule has 0 bridgehead atoms. The number of thiazole rings is 1. The summed E-state index contributed by atoms with van der Waals surface area (Å²) in [4.78, 5) is 4.19. The molecule has 0 unspecified atom stereocenters. The van der Waals surface area contributed by atoms with E-state index in [0.717, 1.165) is 31.0 Å². The minimum absolute atomic E-state index is 0.821. The topological polar surface area (TPSA) is 55.6 Å². The van der Waals surface area contributed by atoms with Crippen molar-refractivity contribution in [3.05, 3.63) is 28.7 Å². The zero-order valence-corrected chi connectivity index (χ0v) is 9.37. The predicted molar refractivity (Wildman–Crippen MR) is 58.5 cm³/mol. The van der Waals surface area contributed by atoms with Gasteiger partial charge in [0.1, 0.15) is 12.2 Å². The van der Waals surface area contributed by atoms with Crippen LogP contribution in [0.2, 0.25) is 0 Å². The lowest BCUT2D eigenvalue weighted by atomic mass is 10.4. The maximum atomic E-state index is 4.19. The molecule has 2 heterocycles. The minimum Gasteiger partial charge on any atom is -0.321 e. The van der Waals surface area contributed by atoms with Gasteiger partial charge in [-0.15, -0.1) is 21.5 Å². The second-order valence-electron chi connectivity index (χ2n) is 3.26. The van der Waals surface area contributed by atoms with E-state index < -0.39 is 0 Å². The lowest BCUT2D eigenvalue weighted by molar-refractivity contribution is 0.647. The van der Waals surface area contributed by atoms with Gasteiger partial charge in [0.25, 0.3) is 0 Å². The summed E-state index contributed by atoms with van der Waals surface area (Å²) in [5.74, 6) is 1.00. The minimum atomic E-state index is 0.821. The molecule has 0 saturated heterocycles. The van der Waals surface area contributed by atoms with Crippen molar-refractivity contribution in [1.82, 2.24) is 25.1 Å². The summed E-state index contributed by atoms with van der Waals surface area (Å²) in [6.07, 6.45) is 2.61. The molecule has 2 rings (SSSR count). The Bertz CT molecular complexity index is 394. The highest BCUT2D eigenvalue weighted by atomic mass is 32.1. The highest BCUT2D eigenvalue weighted by Crippen LogP contribution is 1.99. The van der Waals surface area contributed by atoms with Crippen molar-refractivity contribution >= 4 is 11.3 Å². The van der Waals surface area contributed by atoms with Crippen LogP contribution in [0.3, 0.4) is 0 Å². The van der Waals surface area contributed by atoms with E-state index in [0.29, 0.717) is 0 Å². The van der Waals surface area contributed by atoms with Gasteiger partial charge < -0.3 is 9.88 Å². The number of aromatic nitrogens is 4. The SMILES string of the molecule is Cn1cnnc1CCNCc1cscn1. The molecule has 2 aromatic rings. The Hall–Kier alpha value is -1.27. The number of aryl methyl sites for hydroxylation is 1. The van der Waals surface area contributed by atoms with Crippen LogP contribution in [-0.2, 0) is 20.0 Å².